The van der Waals surface area contributed by atoms with Gasteiger partial charge in [-0.05, 0) is 12.1 Å². The molecule has 0 bridgehead atoms. The molecule has 1 aromatic heterocycles. The molecular formula is C14H6F2N4O3. The number of anilines is 1. The first kappa shape index (κ1) is 14.4. The molecule has 0 saturated heterocycles. The molecule has 2 aromatic rings. The molecule has 2 amide bonds. The second-order valence-corrected chi connectivity index (χ2v) is 4.64. The van der Waals surface area contributed by atoms with Crippen LogP contribution in [-0.4, -0.2) is 16.4 Å². The van der Waals surface area contributed by atoms with Gasteiger partial charge in [-0.2, -0.15) is 5.26 Å². The molecule has 3 N–H and O–H groups in total. The van der Waals surface area contributed by atoms with E-state index in [9.17, 15) is 23.2 Å². The minimum absolute atomic E-state index is 0.213. The Labute approximate surface area is 126 Å². The summed E-state index contributed by atoms with van der Waals surface area (Å²) in [4.78, 5) is 35.5. The number of rotatable bonds is 1. The second-order valence-electron chi connectivity index (χ2n) is 4.64. The second kappa shape index (κ2) is 4.74. The number of carbonyl (C=O) groups excluding carboxylic acids is 2. The SMILES string of the molecule is N#Cc1c(-n2c(N)c3c(cc2=O)C(=O)NC3=O)ccc(F)c1F. The Kier molecular flexibility index (Phi) is 2.97. The number of nitrogens with zero attached hydrogens (tertiary/aromatic N) is 2. The Balaban J connectivity index is 2.41. The van der Waals surface area contributed by atoms with E-state index in [2.05, 4.69) is 0 Å². The molecule has 1 aliphatic rings. The van der Waals surface area contributed by atoms with Gasteiger partial charge in [-0.25, -0.2) is 8.78 Å². The molecule has 3 rings (SSSR count). The Morgan fingerprint density at radius 1 is 1.17 bits per heavy atom. The highest BCUT2D eigenvalue weighted by molar-refractivity contribution is 6.23. The van der Waals surface area contributed by atoms with Crippen molar-refractivity contribution >= 4 is 17.6 Å². The molecule has 114 valence electrons. The quantitative estimate of drug-likeness (QED) is 0.741. The summed E-state index contributed by atoms with van der Waals surface area (Å²) in [5, 5.41) is 11.0. The van der Waals surface area contributed by atoms with Crippen LogP contribution in [0.3, 0.4) is 0 Å². The van der Waals surface area contributed by atoms with Crippen LogP contribution in [0.1, 0.15) is 26.3 Å². The van der Waals surface area contributed by atoms with E-state index in [0.29, 0.717) is 4.57 Å². The number of aromatic nitrogens is 1. The van der Waals surface area contributed by atoms with Crippen molar-refractivity contribution in [1.29, 1.82) is 5.26 Å². The molecule has 0 saturated carbocycles. The van der Waals surface area contributed by atoms with Gasteiger partial charge in [0.1, 0.15) is 17.5 Å². The first-order valence-corrected chi connectivity index (χ1v) is 6.16. The monoisotopic (exact) mass is 316 g/mol. The maximum absolute atomic E-state index is 13.7. The maximum Gasteiger partial charge on any atom is 0.262 e. The van der Waals surface area contributed by atoms with E-state index in [1.165, 1.54) is 6.07 Å². The molecule has 2 heterocycles. The third kappa shape index (κ3) is 1.89. The van der Waals surface area contributed by atoms with E-state index in [-0.39, 0.29) is 16.8 Å². The number of carbonyl (C=O) groups is 2. The average molecular weight is 316 g/mol. The van der Waals surface area contributed by atoms with Gasteiger partial charge in [0, 0.05) is 6.07 Å². The van der Waals surface area contributed by atoms with E-state index in [1.54, 1.807) is 0 Å². The van der Waals surface area contributed by atoms with Crippen molar-refractivity contribution in [2.45, 2.75) is 0 Å². The zero-order chi connectivity index (χ0) is 16.9. The minimum atomic E-state index is -1.45. The summed E-state index contributed by atoms with van der Waals surface area (Å²) in [6.07, 6.45) is 0. The molecule has 0 spiro atoms. The molecular weight excluding hydrogens is 310 g/mol. The lowest BCUT2D eigenvalue weighted by atomic mass is 10.1. The van der Waals surface area contributed by atoms with Crippen LogP contribution in [-0.2, 0) is 0 Å². The predicted molar refractivity (Wildman–Crippen MR) is 72.9 cm³/mol. The van der Waals surface area contributed by atoms with Crippen LogP contribution in [0, 0.1) is 23.0 Å². The van der Waals surface area contributed by atoms with E-state index in [4.69, 9.17) is 11.0 Å². The molecule has 0 aliphatic carbocycles. The lowest BCUT2D eigenvalue weighted by Crippen LogP contribution is -2.25. The summed E-state index contributed by atoms with van der Waals surface area (Å²) >= 11 is 0. The molecule has 7 nitrogen and oxygen atoms in total. The molecule has 0 unspecified atom stereocenters. The summed E-state index contributed by atoms with van der Waals surface area (Å²) in [7, 11) is 0. The Bertz CT molecular complexity index is 1000. The van der Waals surface area contributed by atoms with Gasteiger partial charge in [-0.1, -0.05) is 0 Å². The largest absolute Gasteiger partial charge is 0.384 e. The van der Waals surface area contributed by atoms with Gasteiger partial charge in [-0.3, -0.25) is 24.3 Å². The molecule has 9 heteroatoms. The number of amides is 2. The molecule has 1 aliphatic heterocycles. The Morgan fingerprint density at radius 2 is 1.87 bits per heavy atom. The van der Waals surface area contributed by atoms with E-state index in [0.717, 1.165) is 18.2 Å². The number of benzene rings is 1. The number of hydrogen-bond acceptors (Lipinski definition) is 5. The summed E-state index contributed by atoms with van der Waals surface area (Å²) in [6.45, 7) is 0. The average Bonchev–Trinajstić information content (AvgIpc) is 2.77. The van der Waals surface area contributed by atoms with E-state index in [1.807, 2.05) is 5.32 Å². The highest BCUT2D eigenvalue weighted by Crippen LogP contribution is 2.25. The fourth-order valence-corrected chi connectivity index (χ4v) is 2.36. The van der Waals surface area contributed by atoms with Crippen molar-refractivity contribution in [3.05, 3.63) is 56.9 Å². The normalized spacial score (nSPS) is 12.7. The first-order valence-electron chi connectivity index (χ1n) is 6.16. The summed E-state index contributed by atoms with van der Waals surface area (Å²) < 4.78 is 27.7. The van der Waals surface area contributed by atoms with Gasteiger partial charge in [0.25, 0.3) is 17.4 Å². The van der Waals surface area contributed by atoms with Crippen molar-refractivity contribution in [2.75, 3.05) is 5.73 Å². The lowest BCUT2D eigenvalue weighted by molar-refractivity contribution is 0.0880. The van der Waals surface area contributed by atoms with Crippen LogP contribution < -0.4 is 16.6 Å². The van der Waals surface area contributed by atoms with Crippen LogP contribution >= 0.6 is 0 Å². The van der Waals surface area contributed by atoms with Crippen LogP contribution in [0.5, 0.6) is 0 Å². The molecule has 23 heavy (non-hydrogen) atoms. The highest BCUT2D eigenvalue weighted by atomic mass is 19.2. The molecule has 0 atom stereocenters. The Hall–Kier alpha value is -3.54. The van der Waals surface area contributed by atoms with Crippen LogP contribution in [0.25, 0.3) is 5.69 Å². The van der Waals surface area contributed by atoms with E-state index < -0.39 is 40.4 Å². The fourth-order valence-electron chi connectivity index (χ4n) is 2.36. The third-order valence-corrected chi connectivity index (χ3v) is 3.38. The summed E-state index contributed by atoms with van der Waals surface area (Å²) in [5.41, 5.74) is 3.34. The van der Waals surface area contributed by atoms with Crippen LogP contribution in [0.4, 0.5) is 14.6 Å². The third-order valence-electron chi connectivity index (χ3n) is 3.38. The topological polar surface area (TPSA) is 118 Å². The minimum Gasteiger partial charge on any atom is -0.384 e. The van der Waals surface area contributed by atoms with Crippen molar-refractivity contribution < 1.29 is 18.4 Å². The number of imide groups is 1. The smallest absolute Gasteiger partial charge is 0.262 e. The van der Waals surface area contributed by atoms with Gasteiger partial charge >= 0.3 is 0 Å². The van der Waals surface area contributed by atoms with Crippen molar-refractivity contribution in [2.24, 2.45) is 0 Å². The maximum atomic E-state index is 13.7. The van der Waals surface area contributed by atoms with Gasteiger partial charge in [0.05, 0.1) is 16.8 Å². The number of hydrogen-bond donors (Lipinski definition) is 2. The molecule has 1 aromatic carbocycles. The standard InChI is InChI=1S/C14H6F2N4O3/c15-7-1-2-8(6(4-17)11(7)16)20-9(21)3-5-10(12(20)18)14(23)19-13(5)22/h1-3H,18H2,(H,19,22,23). The summed E-state index contributed by atoms with van der Waals surface area (Å²) in [6, 6.07) is 3.99. The number of nitrogens with one attached hydrogen (secondary N) is 1. The van der Waals surface area contributed by atoms with E-state index >= 15 is 0 Å². The van der Waals surface area contributed by atoms with Gasteiger partial charge in [-0.15, -0.1) is 0 Å². The highest BCUT2D eigenvalue weighted by Gasteiger charge is 2.32. The first-order chi connectivity index (χ1) is 10.9. The summed E-state index contributed by atoms with van der Waals surface area (Å²) in [5.74, 6) is -4.77. The number of pyridine rings is 1. The van der Waals surface area contributed by atoms with Gasteiger partial charge in [0.2, 0.25) is 0 Å². The number of nitrogen functional groups attached to an aromatic ring is 1. The number of nitrogens with two attached hydrogens (primary N) is 1. The van der Waals surface area contributed by atoms with Crippen molar-refractivity contribution in [3.8, 4) is 11.8 Å². The fraction of sp³-hybridized carbons (Fsp3) is 0. The van der Waals surface area contributed by atoms with Crippen molar-refractivity contribution in [3.63, 3.8) is 0 Å². The number of fused-ring (bicyclic) bond motifs is 1. The Morgan fingerprint density at radius 3 is 2.52 bits per heavy atom. The van der Waals surface area contributed by atoms with Gasteiger partial charge < -0.3 is 5.73 Å². The predicted octanol–water partition coefficient (Wildman–Crippen LogP) is 0.453. The van der Waals surface area contributed by atoms with Crippen LogP contribution in [0.15, 0.2) is 23.0 Å². The number of halogens is 2. The van der Waals surface area contributed by atoms with Gasteiger partial charge in [0.15, 0.2) is 11.6 Å². The zero-order valence-corrected chi connectivity index (χ0v) is 11.2. The lowest BCUT2D eigenvalue weighted by Gasteiger charge is -2.13. The molecule has 0 fully saturated rings. The number of nitriles is 1. The zero-order valence-electron chi connectivity index (χ0n) is 11.2. The molecule has 0 radical (unpaired) electrons. The van der Waals surface area contributed by atoms with Crippen LogP contribution in [0.2, 0.25) is 0 Å². The van der Waals surface area contributed by atoms with Crippen molar-refractivity contribution in [1.82, 2.24) is 9.88 Å².